The number of rotatable bonds is 3. The van der Waals surface area contributed by atoms with Crippen LogP contribution in [0.1, 0.15) is 20.8 Å². The van der Waals surface area contributed by atoms with Crippen LogP contribution < -0.4 is 0 Å². The predicted octanol–water partition coefficient (Wildman–Crippen LogP) is 1.11. The molecule has 4 heteroatoms. The summed E-state index contributed by atoms with van der Waals surface area (Å²) in [5.41, 5.74) is 0. The Kier molecular flexibility index (Phi) is 11.2. The van der Waals surface area contributed by atoms with Gasteiger partial charge in [-0.25, -0.2) is 0 Å². The van der Waals surface area contributed by atoms with E-state index in [9.17, 15) is 4.79 Å². The molecule has 0 aromatic heterocycles. The summed E-state index contributed by atoms with van der Waals surface area (Å²) < 4.78 is 9.45. The molecule has 12 heavy (non-hydrogen) atoms. The quantitative estimate of drug-likeness (QED) is 0.600. The van der Waals surface area contributed by atoms with Gasteiger partial charge in [0.2, 0.25) is 0 Å². The number of methoxy groups -OCH3 is 1. The van der Waals surface area contributed by atoms with Crippen LogP contribution in [0, 0.1) is 11.3 Å². The van der Waals surface area contributed by atoms with Gasteiger partial charge in [-0.2, -0.15) is 5.26 Å². The first kappa shape index (κ1) is 13.5. The maximum Gasteiger partial charge on any atom is 0.302 e. The van der Waals surface area contributed by atoms with Crippen molar-refractivity contribution in [1.82, 2.24) is 0 Å². The second-order valence-electron chi connectivity index (χ2n) is 2.10. The van der Waals surface area contributed by atoms with E-state index in [1.54, 1.807) is 20.1 Å². The Morgan fingerprint density at radius 3 is 2.33 bits per heavy atom. The summed E-state index contributed by atoms with van der Waals surface area (Å²) in [4.78, 5) is 10.3. The molecule has 0 bridgehead atoms. The molecular formula is C8H15NO3. The molecule has 0 aliphatic carbocycles. The van der Waals surface area contributed by atoms with E-state index in [0.717, 1.165) is 0 Å². The van der Waals surface area contributed by atoms with E-state index in [0.29, 0.717) is 6.61 Å². The maximum atomic E-state index is 10.3. The molecular weight excluding hydrogens is 158 g/mol. The van der Waals surface area contributed by atoms with E-state index >= 15 is 0 Å². The van der Waals surface area contributed by atoms with Crippen molar-refractivity contribution in [3.8, 4) is 6.07 Å². The smallest absolute Gasteiger partial charge is 0.302 e. The summed E-state index contributed by atoms with van der Waals surface area (Å²) in [6.07, 6.45) is -0.132. The fourth-order valence-electron chi connectivity index (χ4n) is 0.552. The van der Waals surface area contributed by atoms with Crippen molar-refractivity contribution in [3.05, 3.63) is 0 Å². The van der Waals surface area contributed by atoms with Gasteiger partial charge in [0.25, 0.3) is 0 Å². The Labute approximate surface area is 73.1 Å². The summed E-state index contributed by atoms with van der Waals surface area (Å²) in [7, 11) is 1.57. The van der Waals surface area contributed by atoms with Crippen molar-refractivity contribution in [2.45, 2.75) is 26.9 Å². The number of nitriles is 1. The summed E-state index contributed by atoms with van der Waals surface area (Å²) >= 11 is 0. The van der Waals surface area contributed by atoms with Crippen LogP contribution in [0.15, 0.2) is 0 Å². The number of ether oxygens (including phenoxy) is 2. The number of carbonyl (C=O) groups excluding carboxylic acids is 1. The van der Waals surface area contributed by atoms with E-state index in [4.69, 9.17) is 14.7 Å². The topological polar surface area (TPSA) is 59.3 Å². The summed E-state index contributed by atoms with van der Waals surface area (Å²) in [6, 6.07) is 1.75. The minimum Gasteiger partial charge on any atom is -0.460 e. The van der Waals surface area contributed by atoms with Crippen molar-refractivity contribution in [3.63, 3.8) is 0 Å². The fourth-order valence-corrected chi connectivity index (χ4v) is 0.552. The highest BCUT2D eigenvalue weighted by Crippen LogP contribution is 1.90. The van der Waals surface area contributed by atoms with Crippen LogP contribution in [0.5, 0.6) is 0 Å². The molecule has 0 aromatic rings. The Balaban J connectivity index is 0. The van der Waals surface area contributed by atoms with Crippen molar-refractivity contribution < 1.29 is 14.3 Å². The molecule has 0 spiro atoms. The number of hydrogen-bond donors (Lipinski definition) is 0. The molecule has 0 aliphatic rings. The second-order valence-corrected chi connectivity index (χ2v) is 2.10. The Morgan fingerprint density at radius 2 is 2.08 bits per heavy atom. The molecule has 0 saturated carbocycles. The molecule has 0 amide bonds. The number of hydrogen-bond acceptors (Lipinski definition) is 4. The number of nitrogens with zero attached hydrogens (tertiary/aromatic N) is 1. The molecule has 4 nitrogen and oxygen atoms in total. The van der Waals surface area contributed by atoms with Gasteiger partial charge < -0.3 is 9.47 Å². The zero-order valence-corrected chi connectivity index (χ0v) is 7.96. The van der Waals surface area contributed by atoms with Crippen LogP contribution >= 0.6 is 0 Å². The first-order valence-electron chi connectivity index (χ1n) is 3.55. The lowest BCUT2D eigenvalue weighted by Crippen LogP contribution is -2.17. The van der Waals surface area contributed by atoms with Crippen LogP contribution in [0.4, 0.5) is 0 Å². The SMILES string of the molecule is CC#N.COCC(C)OC(C)=O. The Bertz CT molecular complexity index is 151. The third kappa shape index (κ3) is 16.0. The zero-order valence-electron chi connectivity index (χ0n) is 7.96. The standard InChI is InChI=1S/C6H12O3.C2H3N/c1-5(4-8-3)9-6(2)7;1-2-3/h5H,4H2,1-3H3;1H3. The molecule has 0 rings (SSSR count). The molecule has 0 saturated heterocycles. The van der Waals surface area contributed by atoms with Crippen LogP contribution in [-0.2, 0) is 14.3 Å². The Morgan fingerprint density at radius 1 is 1.67 bits per heavy atom. The monoisotopic (exact) mass is 173 g/mol. The minimum absolute atomic E-state index is 0.132. The molecule has 0 aromatic carbocycles. The van der Waals surface area contributed by atoms with E-state index < -0.39 is 0 Å². The second kappa shape index (κ2) is 9.92. The predicted molar refractivity (Wildman–Crippen MR) is 44.4 cm³/mol. The normalized spacial score (nSPS) is 10.2. The summed E-state index contributed by atoms with van der Waals surface area (Å²) in [5, 5.41) is 7.32. The lowest BCUT2D eigenvalue weighted by Gasteiger charge is -2.08. The van der Waals surface area contributed by atoms with Crippen LogP contribution in [-0.4, -0.2) is 25.8 Å². The fraction of sp³-hybridized carbons (Fsp3) is 0.750. The highest BCUT2D eigenvalue weighted by Gasteiger charge is 2.02. The first-order valence-corrected chi connectivity index (χ1v) is 3.55. The summed E-state index contributed by atoms with van der Waals surface area (Å²) in [6.45, 7) is 5.05. The van der Waals surface area contributed by atoms with E-state index in [1.165, 1.54) is 13.8 Å². The highest BCUT2D eigenvalue weighted by atomic mass is 16.6. The molecule has 70 valence electrons. The summed E-state index contributed by atoms with van der Waals surface area (Å²) in [5.74, 6) is -0.264. The van der Waals surface area contributed by atoms with Crippen LogP contribution in [0.3, 0.4) is 0 Å². The van der Waals surface area contributed by atoms with E-state index in [2.05, 4.69) is 0 Å². The largest absolute Gasteiger partial charge is 0.460 e. The van der Waals surface area contributed by atoms with Crippen molar-refractivity contribution in [2.75, 3.05) is 13.7 Å². The Hall–Kier alpha value is -1.08. The third-order valence-corrected chi connectivity index (χ3v) is 0.769. The van der Waals surface area contributed by atoms with E-state index in [-0.39, 0.29) is 12.1 Å². The molecule has 1 unspecified atom stereocenters. The number of carbonyl (C=O) groups is 1. The van der Waals surface area contributed by atoms with Crippen LogP contribution in [0.25, 0.3) is 0 Å². The lowest BCUT2D eigenvalue weighted by atomic mass is 10.4. The molecule has 0 aliphatic heterocycles. The molecule has 0 heterocycles. The first-order chi connectivity index (χ1) is 5.58. The van der Waals surface area contributed by atoms with Gasteiger partial charge in [-0.15, -0.1) is 0 Å². The lowest BCUT2D eigenvalue weighted by molar-refractivity contribution is -0.147. The van der Waals surface area contributed by atoms with Gasteiger partial charge in [0, 0.05) is 21.0 Å². The average molecular weight is 173 g/mol. The average Bonchev–Trinajstić information content (AvgIpc) is 1.87. The van der Waals surface area contributed by atoms with Crippen molar-refractivity contribution in [2.24, 2.45) is 0 Å². The third-order valence-electron chi connectivity index (χ3n) is 0.769. The van der Waals surface area contributed by atoms with E-state index in [1.807, 2.05) is 0 Å². The zero-order chi connectivity index (χ0) is 9.98. The molecule has 0 radical (unpaired) electrons. The molecule has 1 atom stereocenters. The van der Waals surface area contributed by atoms with Gasteiger partial charge in [-0.1, -0.05) is 0 Å². The van der Waals surface area contributed by atoms with Gasteiger partial charge >= 0.3 is 5.97 Å². The molecule has 0 N–H and O–H groups in total. The highest BCUT2D eigenvalue weighted by molar-refractivity contribution is 5.66. The van der Waals surface area contributed by atoms with Gasteiger partial charge in [-0.3, -0.25) is 4.79 Å². The van der Waals surface area contributed by atoms with Gasteiger partial charge in [-0.05, 0) is 6.92 Å². The van der Waals surface area contributed by atoms with Gasteiger partial charge in [0.15, 0.2) is 0 Å². The minimum atomic E-state index is -0.264. The van der Waals surface area contributed by atoms with Crippen molar-refractivity contribution >= 4 is 5.97 Å². The van der Waals surface area contributed by atoms with Gasteiger partial charge in [0.05, 0.1) is 12.7 Å². The van der Waals surface area contributed by atoms with Gasteiger partial charge in [0.1, 0.15) is 6.10 Å². The van der Waals surface area contributed by atoms with Crippen molar-refractivity contribution in [1.29, 1.82) is 5.26 Å². The van der Waals surface area contributed by atoms with Crippen LogP contribution in [0.2, 0.25) is 0 Å². The maximum absolute atomic E-state index is 10.3. The molecule has 0 fully saturated rings. The number of esters is 1.